The molecule has 24 heavy (non-hydrogen) atoms. The first kappa shape index (κ1) is 13.6. The van der Waals surface area contributed by atoms with Gasteiger partial charge in [-0.3, -0.25) is 4.79 Å². The van der Waals surface area contributed by atoms with Crippen LogP contribution in [0.15, 0.2) is 72.8 Å². The predicted octanol–water partition coefficient (Wildman–Crippen LogP) is 4.17. The van der Waals surface area contributed by atoms with Crippen LogP contribution in [0.1, 0.15) is 16.7 Å². The molecule has 2 heteroatoms. The van der Waals surface area contributed by atoms with Gasteiger partial charge in [0.05, 0.1) is 0 Å². The van der Waals surface area contributed by atoms with Crippen LogP contribution in [0.3, 0.4) is 0 Å². The Kier molecular flexibility index (Phi) is 2.58. The van der Waals surface area contributed by atoms with Gasteiger partial charge in [-0.1, -0.05) is 66.7 Å². The summed E-state index contributed by atoms with van der Waals surface area (Å²) in [5.74, 6) is 0.172. The molecule has 0 aromatic heterocycles. The molecule has 2 aliphatic rings. The van der Waals surface area contributed by atoms with E-state index in [1.165, 1.54) is 16.7 Å². The topological polar surface area (TPSA) is 20.3 Å². The van der Waals surface area contributed by atoms with Crippen molar-refractivity contribution < 1.29 is 4.79 Å². The van der Waals surface area contributed by atoms with Gasteiger partial charge >= 0.3 is 0 Å². The van der Waals surface area contributed by atoms with Gasteiger partial charge < -0.3 is 4.90 Å². The smallest absolute Gasteiger partial charge is 0.242 e. The zero-order valence-corrected chi connectivity index (χ0v) is 13.5. The average molecular weight is 311 g/mol. The van der Waals surface area contributed by atoms with Crippen molar-refractivity contribution in [2.75, 3.05) is 11.9 Å². The first-order valence-electron chi connectivity index (χ1n) is 8.29. The summed E-state index contributed by atoms with van der Waals surface area (Å²) >= 11 is 0. The summed E-state index contributed by atoms with van der Waals surface area (Å²) in [6, 6.07) is 25.0. The molecular formula is C22H17NO. The maximum absolute atomic E-state index is 13.4. The zero-order chi connectivity index (χ0) is 16.3. The van der Waals surface area contributed by atoms with Gasteiger partial charge in [-0.2, -0.15) is 0 Å². The van der Waals surface area contributed by atoms with Gasteiger partial charge in [0.2, 0.25) is 5.91 Å². The summed E-state index contributed by atoms with van der Waals surface area (Å²) < 4.78 is 0. The molecule has 1 heterocycles. The molecule has 0 saturated carbocycles. The average Bonchev–Trinajstić information content (AvgIpc) is 2.85. The minimum absolute atomic E-state index is 0.172. The summed E-state index contributed by atoms with van der Waals surface area (Å²) in [7, 11) is 1.89. The Bertz CT molecular complexity index is 991. The number of benzene rings is 3. The fourth-order valence-electron chi connectivity index (χ4n) is 4.48. The normalized spacial score (nSPS) is 20.7. The fourth-order valence-corrected chi connectivity index (χ4v) is 4.48. The summed E-state index contributed by atoms with van der Waals surface area (Å²) in [6.45, 7) is 0. The van der Waals surface area contributed by atoms with Crippen LogP contribution in [0.2, 0.25) is 0 Å². The van der Waals surface area contributed by atoms with Crippen LogP contribution in [0, 0.1) is 0 Å². The molecule has 0 saturated heterocycles. The SMILES string of the molecule is CN1C(=O)[C@@]2(Cc3ccccc3-c3ccccc32)c2ccccc21. The molecular weight excluding hydrogens is 294 g/mol. The largest absolute Gasteiger partial charge is 0.314 e. The number of carbonyl (C=O) groups is 1. The summed E-state index contributed by atoms with van der Waals surface area (Å²) in [4.78, 5) is 15.3. The number of hydrogen-bond donors (Lipinski definition) is 0. The highest BCUT2D eigenvalue weighted by Crippen LogP contribution is 2.53. The van der Waals surface area contributed by atoms with E-state index in [2.05, 4.69) is 48.5 Å². The van der Waals surface area contributed by atoms with Crippen molar-refractivity contribution >= 4 is 11.6 Å². The van der Waals surface area contributed by atoms with Crippen molar-refractivity contribution in [3.63, 3.8) is 0 Å². The number of carbonyl (C=O) groups excluding carboxylic acids is 1. The third-order valence-electron chi connectivity index (χ3n) is 5.54. The number of rotatable bonds is 0. The molecule has 0 unspecified atom stereocenters. The molecule has 0 fully saturated rings. The Labute approximate surface area is 141 Å². The van der Waals surface area contributed by atoms with E-state index in [-0.39, 0.29) is 5.91 Å². The Morgan fingerprint density at radius 3 is 2.25 bits per heavy atom. The van der Waals surface area contributed by atoms with Crippen LogP contribution in [-0.2, 0) is 16.6 Å². The van der Waals surface area contributed by atoms with E-state index in [0.29, 0.717) is 0 Å². The standard InChI is InChI=1S/C22H17NO/c1-23-20-13-7-6-12-19(20)22(21(23)24)14-15-8-2-3-9-16(15)17-10-4-5-11-18(17)22/h2-13H,14H2,1H3/t22-/m1/s1. The summed E-state index contributed by atoms with van der Waals surface area (Å²) in [5.41, 5.74) is 6.35. The van der Waals surface area contributed by atoms with Crippen molar-refractivity contribution in [2.24, 2.45) is 0 Å². The third-order valence-corrected chi connectivity index (χ3v) is 5.54. The second kappa shape index (κ2) is 4.57. The minimum atomic E-state index is -0.601. The third kappa shape index (κ3) is 1.48. The molecule has 1 atom stereocenters. The van der Waals surface area contributed by atoms with Crippen molar-refractivity contribution in [1.29, 1.82) is 0 Å². The lowest BCUT2D eigenvalue weighted by Gasteiger charge is -2.36. The molecule has 1 aliphatic heterocycles. The van der Waals surface area contributed by atoms with Crippen LogP contribution < -0.4 is 4.90 Å². The minimum Gasteiger partial charge on any atom is -0.314 e. The molecule has 1 spiro atoms. The van der Waals surface area contributed by atoms with Crippen LogP contribution in [0.25, 0.3) is 11.1 Å². The first-order chi connectivity index (χ1) is 11.7. The maximum Gasteiger partial charge on any atom is 0.242 e. The molecule has 2 nitrogen and oxygen atoms in total. The van der Waals surface area contributed by atoms with E-state index in [0.717, 1.165) is 23.2 Å². The van der Waals surface area contributed by atoms with E-state index in [4.69, 9.17) is 0 Å². The molecule has 3 aromatic carbocycles. The van der Waals surface area contributed by atoms with E-state index in [9.17, 15) is 4.79 Å². The van der Waals surface area contributed by atoms with E-state index in [1.54, 1.807) is 0 Å². The van der Waals surface area contributed by atoms with Crippen LogP contribution in [0.5, 0.6) is 0 Å². The maximum atomic E-state index is 13.4. The molecule has 1 aliphatic carbocycles. The molecule has 116 valence electrons. The highest BCUT2D eigenvalue weighted by molar-refractivity contribution is 6.12. The van der Waals surface area contributed by atoms with Crippen molar-refractivity contribution in [1.82, 2.24) is 0 Å². The van der Waals surface area contributed by atoms with Gasteiger partial charge in [0, 0.05) is 12.7 Å². The first-order valence-corrected chi connectivity index (χ1v) is 8.29. The highest BCUT2D eigenvalue weighted by Gasteiger charge is 2.53. The molecule has 3 aromatic rings. The number of anilines is 1. The lowest BCUT2D eigenvalue weighted by molar-refractivity contribution is -0.121. The molecule has 5 rings (SSSR count). The quantitative estimate of drug-likeness (QED) is 0.610. The van der Waals surface area contributed by atoms with Crippen LogP contribution in [0.4, 0.5) is 5.69 Å². The van der Waals surface area contributed by atoms with Crippen LogP contribution >= 0.6 is 0 Å². The van der Waals surface area contributed by atoms with Crippen molar-refractivity contribution in [2.45, 2.75) is 11.8 Å². The van der Waals surface area contributed by atoms with E-state index in [1.807, 2.05) is 36.2 Å². The molecule has 1 amide bonds. The van der Waals surface area contributed by atoms with E-state index < -0.39 is 5.41 Å². The lowest BCUT2D eigenvalue weighted by Crippen LogP contribution is -2.43. The van der Waals surface area contributed by atoms with Gasteiger partial charge in [0.1, 0.15) is 5.41 Å². The van der Waals surface area contributed by atoms with Gasteiger partial charge in [-0.15, -0.1) is 0 Å². The number of amides is 1. The molecule has 0 bridgehead atoms. The van der Waals surface area contributed by atoms with Crippen LogP contribution in [-0.4, -0.2) is 13.0 Å². The number of nitrogens with zero attached hydrogens (tertiary/aromatic N) is 1. The number of para-hydroxylation sites is 1. The molecule has 0 radical (unpaired) electrons. The number of hydrogen-bond acceptors (Lipinski definition) is 1. The predicted molar refractivity (Wildman–Crippen MR) is 96.2 cm³/mol. The second-order valence-electron chi connectivity index (χ2n) is 6.67. The van der Waals surface area contributed by atoms with Gasteiger partial charge in [0.15, 0.2) is 0 Å². The van der Waals surface area contributed by atoms with E-state index >= 15 is 0 Å². The highest BCUT2D eigenvalue weighted by atomic mass is 16.2. The van der Waals surface area contributed by atoms with Gasteiger partial charge in [0.25, 0.3) is 0 Å². The Hall–Kier alpha value is -2.87. The fraction of sp³-hybridized carbons (Fsp3) is 0.136. The zero-order valence-electron chi connectivity index (χ0n) is 13.5. The lowest BCUT2D eigenvalue weighted by atomic mass is 9.65. The summed E-state index contributed by atoms with van der Waals surface area (Å²) in [6.07, 6.45) is 0.723. The monoisotopic (exact) mass is 311 g/mol. The van der Waals surface area contributed by atoms with Crippen molar-refractivity contribution in [3.05, 3.63) is 89.5 Å². The van der Waals surface area contributed by atoms with Gasteiger partial charge in [-0.25, -0.2) is 0 Å². The Balaban J connectivity index is 1.90. The number of fused-ring (bicyclic) bond motifs is 6. The van der Waals surface area contributed by atoms with Crippen molar-refractivity contribution in [3.8, 4) is 11.1 Å². The van der Waals surface area contributed by atoms with Gasteiger partial charge in [-0.05, 0) is 40.3 Å². The Morgan fingerprint density at radius 1 is 0.792 bits per heavy atom. The molecule has 0 N–H and O–H groups in total. The second-order valence-corrected chi connectivity index (χ2v) is 6.67. The Morgan fingerprint density at radius 2 is 1.42 bits per heavy atom. The number of likely N-dealkylation sites (N-methyl/N-ethyl adjacent to an activating group) is 1. The summed E-state index contributed by atoms with van der Waals surface area (Å²) in [5, 5.41) is 0.